The predicted octanol–water partition coefficient (Wildman–Crippen LogP) is 6.39. The van der Waals surface area contributed by atoms with E-state index >= 15 is 0 Å². The molecule has 1 heterocycles. The van der Waals surface area contributed by atoms with E-state index in [1.807, 2.05) is 32.0 Å². The van der Waals surface area contributed by atoms with Gasteiger partial charge < -0.3 is 14.2 Å². The fraction of sp³-hybridized carbons (Fsp3) is 0.258. The van der Waals surface area contributed by atoms with Gasteiger partial charge in [-0.15, -0.1) is 0 Å². The van der Waals surface area contributed by atoms with Crippen LogP contribution in [0.3, 0.4) is 0 Å². The van der Waals surface area contributed by atoms with Crippen LogP contribution in [0.15, 0.2) is 60.2 Å². The maximum absolute atomic E-state index is 13.3. The molecule has 0 aromatic heterocycles. The number of anilines is 1. The molecule has 1 aliphatic rings. The Morgan fingerprint density at radius 2 is 1.70 bits per heavy atom. The first-order chi connectivity index (χ1) is 19.2. The van der Waals surface area contributed by atoms with Gasteiger partial charge in [-0.1, -0.05) is 43.1 Å². The van der Waals surface area contributed by atoms with Gasteiger partial charge >= 0.3 is 6.03 Å². The number of nitrogens with one attached hydrogen (secondary N) is 1. The van der Waals surface area contributed by atoms with Gasteiger partial charge in [-0.05, 0) is 85.0 Å². The number of imide groups is 2. The lowest BCUT2D eigenvalue weighted by Crippen LogP contribution is -2.54. The third kappa shape index (κ3) is 6.46. The Morgan fingerprint density at radius 1 is 0.950 bits per heavy atom. The van der Waals surface area contributed by atoms with Gasteiger partial charge in [0.05, 0.1) is 24.4 Å². The summed E-state index contributed by atoms with van der Waals surface area (Å²) < 4.78 is 17.1. The minimum atomic E-state index is -0.836. The molecule has 208 valence electrons. The number of carbonyl (C=O) groups is 3. The van der Waals surface area contributed by atoms with Crippen LogP contribution in [0.25, 0.3) is 6.08 Å². The smallest absolute Gasteiger partial charge is 0.335 e. The Morgan fingerprint density at radius 3 is 2.38 bits per heavy atom. The molecule has 0 spiro atoms. The molecule has 4 amide bonds. The fourth-order valence-electron chi connectivity index (χ4n) is 4.10. The highest BCUT2D eigenvalue weighted by molar-refractivity contribution is 6.39. The summed E-state index contributed by atoms with van der Waals surface area (Å²) in [5, 5.41) is 2.47. The maximum atomic E-state index is 13.3. The van der Waals surface area contributed by atoms with Crippen LogP contribution < -0.4 is 24.4 Å². The lowest BCUT2D eigenvalue weighted by Gasteiger charge is -2.26. The number of carbonyl (C=O) groups excluding carboxylic acids is 3. The van der Waals surface area contributed by atoms with E-state index in [0.717, 1.165) is 28.9 Å². The molecular formula is C31H31ClN2O6. The van der Waals surface area contributed by atoms with E-state index in [0.29, 0.717) is 35.1 Å². The largest absolute Gasteiger partial charge is 0.494 e. The van der Waals surface area contributed by atoms with Gasteiger partial charge in [0, 0.05) is 0 Å². The first kappa shape index (κ1) is 28.7. The SMILES string of the molecule is CCCCOc1ccc(N2C(=O)NC(=O)/C(=C/c3cc(Cl)c(OCc4ccc(C)c(C)c4)c(OC)c3)C2=O)cc1. The average molecular weight is 563 g/mol. The molecule has 0 radical (unpaired) electrons. The van der Waals surface area contributed by atoms with Crippen molar-refractivity contribution in [2.75, 3.05) is 18.6 Å². The highest BCUT2D eigenvalue weighted by Gasteiger charge is 2.37. The molecule has 0 atom stereocenters. The summed E-state index contributed by atoms with van der Waals surface area (Å²) in [6.45, 7) is 6.99. The van der Waals surface area contributed by atoms with E-state index in [4.69, 9.17) is 25.8 Å². The van der Waals surface area contributed by atoms with Crippen LogP contribution in [0.4, 0.5) is 10.5 Å². The molecule has 0 bridgehead atoms. The van der Waals surface area contributed by atoms with E-state index < -0.39 is 17.8 Å². The van der Waals surface area contributed by atoms with Crippen molar-refractivity contribution in [3.63, 3.8) is 0 Å². The highest BCUT2D eigenvalue weighted by Crippen LogP contribution is 2.38. The number of benzene rings is 3. The summed E-state index contributed by atoms with van der Waals surface area (Å²) in [5.41, 5.74) is 3.81. The third-order valence-corrected chi connectivity index (χ3v) is 6.76. The minimum absolute atomic E-state index is 0.232. The van der Waals surface area contributed by atoms with Crippen molar-refractivity contribution in [2.24, 2.45) is 0 Å². The van der Waals surface area contributed by atoms with Crippen molar-refractivity contribution in [1.29, 1.82) is 0 Å². The third-order valence-electron chi connectivity index (χ3n) is 6.48. The van der Waals surface area contributed by atoms with E-state index in [1.54, 1.807) is 36.4 Å². The minimum Gasteiger partial charge on any atom is -0.494 e. The van der Waals surface area contributed by atoms with Crippen LogP contribution in [0.1, 0.15) is 42.0 Å². The molecule has 3 aromatic carbocycles. The average Bonchev–Trinajstić information content (AvgIpc) is 2.93. The molecule has 8 nitrogen and oxygen atoms in total. The molecule has 1 saturated heterocycles. The molecule has 9 heteroatoms. The van der Waals surface area contributed by atoms with Gasteiger partial charge in [0.2, 0.25) is 0 Å². The number of methoxy groups -OCH3 is 1. The Balaban J connectivity index is 1.57. The molecule has 40 heavy (non-hydrogen) atoms. The van der Waals surface area contributed by atoms with Gasteiger partial charge in [0.1, 0.15) is 17.9 Å². The molecule has 1 fully saturated rings. The number of amides is 4. The molecular weight excluding hydrogens is 532 g/mol. The molecule has 4 rings (SSSR count). The first-order valence-electron chi connectivity index (χ1n) is 12.9. The maximum Gasteiger partial charge on any atom is 0.335 e. The van der Waals surface area contributed by atoms with Gasteiger partial charge in [0.25, 0.3) is 11.8 Å². The number of barbiturate groups is 1. The van der Waals surface area contributed by atoms with Crippen molar-refractivity contribution in [2.45, 2.75) is 40.2 Å². The van der Waals surface area contributed by atoms with Gasteiger partial charge in [-0.3, -0.25) is 14.9 Å². The Bertz CT molecular complexity index is 1470. The topological polar surface area (TPSA) is 94.2 Å². The monoisotopic (exact) mass is 562 g/mol. The molecule has 0 saturated carbocycles. The second-order valence-electron chi connectivity index (χ2n) is 9.40. The van der Waals surface area contributed by atoms with Crippen molar-refractivity contribution < 1.29 is 28.6 Å². The Labute approximate surface area is 238 Å². The van der Waals surface area contributed by atoms with Crippen LogP contribution in [-0.2, 0) is 16.2 Å². The number of ether oxygens (including phenoxy) is 3. The summed E-state index contributed by atoms with van der Waals surface area (Å²) in [6, 6.07) is 14.9. The summed E-state index contributed by atoms with van der Waals surface area (Å²) in [6.07, 6.45) is 3.28. The van der Waals surface area contributed by atoms with Crippen molar-refractivity contribution >= 4 is 41.2 Å². The zero-order valence-electron chi connectivity index (χ0n) is 22.9. The number of rotatable bonds is 10. The second-order valence-corrected chi connectivity index (χ2v) is 9.80. The molecule has 1 aliphatic heterocycles. The summed E-state index contributed by atoms with van der Waals surface area (Å²) >= 11 is 6.54. The van der Waals surface area contributed by atoms with Crippen LogP contribution in [0.2, 0.25) is 5.02 Å². The quantitative estimate of drug-likeness (QED) is 0.175. The van der Waals surface area contributed by atoms with Crippen molar-refractivity contribution in [3.8, 4) is 17.2 Å². The summed E-state index contributed by atoms with van der Waals surface area (Å²) in [5.74, 6) is -0.287. The van der Waals surface area contributed by atoms with Crippen molar-refractivity contribution in [3.05, 3.63) is 87.4 Å². The first-order valence-corrected chi connectivity index (χ1v) is 13.3. The number of unbranched alkanes of at least 4 members (excludes halogenated alkanes) is 1. The zero-order chi connectivity index (χ0) is 28.8. The molecule has 1 N–H and O–H groups in total. The van der Waals surface area contributed by atoms with Gasteiger partial charge in [-0.25, -0.2) is 9.69 Å². The number of hydrogen-bond acceptors (Lipinski definition) is 6. The predicted molar refractivity (Wildman–Crippen MR) is 154 cm³/mol. The van der Waals surface area contributed by atoms with E-state index in [2.05, 4.69) is 12.2 Å². The lowest BCUT2D eigenvalue weighted by molar-refractivity contribution is -0.122. The second kappa shape index (κ2) is 12.7. The van der Waals surface area contributed by atoms with Crippen molar-refractivity contribution in [1.82, 2.24) is 5.32 Å². The summed E-state index contributed by atoms with van der Waals surface area (Å²) in [7, 11) is 1.47. The van der Waals surface area contributed by atoms with Gasteiger partial charge in [-0.2, -0.15) is 0 Å². The van der Waals surface area contributed by atoms with E-state index in [-0.39, 0.29) is 17.2 Å². The van der Waals surface area contributed by atoms with E-state index in [9.17, 15) is 14.4 Å². The zero-order valence-corrected chi connectivity index (χ0v) is 23.6. The Hall–Kier alpha value is -4.30. The van der Waals surface area contributed by atoms with Crippen LogP contribution in [0.5, 0.6) is 17.2 Å². The van der Waals surface area contributed by atoms with Crippen LogP contribution in [0, 0.1) is 13.8 Å². The van der Waals surface area contributed by atoms with E-state index in [1.165, 1.54) is 18.7 Å². The number of hydrogen-bond donors (Lipinski definition) is 1. The number of urea groups is 1. The molecule has 0 aliphatic carbocycles. The summed E-state index contributed by atoms with van der Waals surface area (Å²) in [4.78, 5) is 39.5. The number of aryl methyl sites for hydroxylation is 2. The van der Waals surface area contributed by atoms with Crippen LogP contribution in [-0.4, -0.2) is 31.6 Å². The highest BCUT2D eigenvalue weighted by atomic mass is 35.5. The standard InChI is InChI=1S/C31H31ClN2O6/c1-5-6-13-39-24-11-9-23(10-12-24)34-30(36)25(29(35)33-31(34)37)15-22-16-26(32)28(27(17-22)38-4)40-18-21-8-7-19(2)20(3)14-21/h7-12,14-17H,5-6,13,18H2,1-4H3,(H,33,35,37)/b25-15-. The number of halogens is 1. The Kier molecular flexibility index (Phi) is 9.11. The molecule has 0 unspecified atom stereocenters. The van der Waals surface area contributed by atoms with Crippen LogP contribution >= 0.6 is 11.6 Å². The van der Waals surface area contributed by atoms with Gasteiger partial charge in [0.15, 0.2) is 11.5 Å². The lowest BCUT2D eigenvalue weighted by atomic mass is 10.1. The number of nitrogens with zero attached hydrogens (tertiary/aromatic N) is 1. The molecule has 3 aromatic rings. The normalized spacial score (nSPS) is 14.4. The fourth-order valence-corrected chi connectivity index (χ4v) is 4.37.